The maximum Gasteiger partial charge on any atom is 0.274 e. The van der Waals surface area contributed by atoms with Crippen LogP contribution in [0.2, 0.25) is 0 Å². The number of nitrogens with one attached hydrogen (secondary N) is 8. The van der Waals surface area contributed by atoms with E-state index in [4.69, 9.17) is 0 Å². The average molecular weight is 1630 g/mol. The van der Waals surface area contributed by atoms with Crippen molar-refractivity contribution < 1.29 is 49.9 Å². The van der Waals surface area contributed by atoms with Gasteiger partial charge >= 0.3 is 0 Å². The van der Waals surface area contributed by atoms with Crippen molar-refractivity contribution in [2.75, 3.05) is 36.8 Å². The highest BCUT2D eigenvalue weighted by atomic mass is 19.2. The predicted octanol–water partition coefficient (Wildman–Crippen LogP) is 15.7. The Hall–Kier alpha value is -12.7. The SMILES string of the molecule is Cc1ncc(-c2cc(F)c3n[nH]c(C(=O)N[C@@H]4CCCCC4(C)F)c3c2)n1C.Cc1ncc(-c2cc(F)c3n[nH]c(C(=O)N[C@H]4CCCCC4(C)F)c3c2)n1C.Cn1cc(-c2cc(F)c3n[nH]c(C(=O)Nc4ccc(CN5CCCC5)cc4)c3c2)cn1.Cn1cc(-c2cc(F)c3n[nH]c(C(=O)Nc4ccc(CN5CCCC5)cc4F)c3c2)cn1. The fourth-order valence-corrected chi connectivity index (χ4v) is 16.0. The molecule has 2 aliphatic heterocycles. The average Bonchev–Trinajstić information content (AvgIpc) is 1.65. The Kier molecular flexibility index (Phi) is 23.4. The molecule has 2 unspecified atom stereocenters. The molecule has 6 aromatic carbocycles. The second-order valence-corrected chi connectivity index (χ2v) is 31.6. The van der Waals surface area contributed by atoms with Gasteiger partial charge in [0, 0.05) is 103 Å². The Morgan fingerprint density at radius 2 is 0.798 bits per heavy atom. The van der Waals surface area contributed by atoms with Gasteiger partial charge < -0.3 is 30.4 Å². The molecule has 8 aromatic heterocycles. The van der Waals surface area contributed by atoms with Gasteiger partial charge in [-0.25, -0.2) is 40.7 Å². The molecule has 26 nitrogen and oxygen atoms in total. The number of hydrogen-bond acceptors (Lipinski definition) is 14. The number of fused-ring (bicyclic) bond motifs is 4. The van der Waals surface area contributed by atoms with Gasteiger partial charge in [0.1, 0.15) is 73.6 Å². The van der Waals surface area contributed by atoms with E-state index in [9.17, 15) is 49.9 Å². The molecule has 119 heavy (non-hydrogen) atoms. The number of hydrogen-bond donors (Lipinski definition) is 8. The number of H-pyrrole nitrogens is 4. The van der Waals surface area contributed by atoms with E-state index in [-0.39, 0.29) is 56.4 Å². The molecular weight excluding hydrogens is 1540 g/mol. The monoisotopic (exact) mass is 1630 g/mol. The summed E-state index contributed by atoms with van der Waals surface area (Å²) in [6, 6.07) is 23.9. The number of aryl methyl sites for hydroxylation is 4. The van der Waals surface area contributed by atoms with Crippen LogP contribution in [0.3, 0.4) is 0 Å². The number of rotatable bonds is 16. The molecule has 8 N–H and O–H groups in total. The van der Waals surface area contributed by atoms with Crippen LogP contribution in [0.1, 0.15) is 156 Å². The maximum atomic E-state index is 14.7. The normalized spacial score (nSPS) is 18.2. The Bertz CT molecular complexity index is 5940. The molecule has 2 saturated carbocycles. The summed E-state index contributed by atoms with van der Waals surface area (Å²) < 4.78 is 110. The largest absolute Gasteiger partial charge is 0.345 e. The number of benzene rings is 6. The molecule has 4 atom stereocenters. The van der Waals surface area contributed by atoms with Gasteiger partial charge in [-0.1, -0.05) is 43.9 Å². The Labute approximate surface area is 679 Å². The van der Waals surface area contributed by atoms with Gasteiger partial charge in [-0.3, -0.25) is 58.7 Å². The van der Waals surface area contributed by atoms with E-state index in [0.717, 1.165) is 105 Å². The lowest BCUT2D eigenvalue weighted by atomic mass is 9.83. The van der Waals surface area contributed by atoms with Crippen LogP contribution in [0.25, 0.3) is 88.4 Å². The standard InChI is InChI=1S/C23H22F2N6O.C23H23FN6O.2C20H23F2N5O/c1-30-13-16(11-26-30)15-9-17-21(19(25)10-15)28-29-22(17)23(32)27-20-5-4-14(8-18(20)24)12-31-6-2-3-7-31;1-29-14-17(12-25-29)16-10-19-21(20(24)11-16)27-28-22(19)23(31)26-18-6-4-15(5-7-18)13-30-8-2-3-9-30;2*1-11-23-10-15(27(11)3)12-8-13-17(14(21)9-12)25-26-18(13)19(28)24-16-6-4-5-7-20(16,2)22/h4-5,8-11,13H,2-3,6-7,12H2,1H3,(H,27,32)(H,28,29);4-7,10-12,14H,2-3,8-9,13H2,1H3,(H,26,31)(H,27,28);2*8-10,16H,4-7H2,1-3H3,(H,24,28)(H,25,26)/t;;2*16-,20?/m..10/s1. The van der Waals surface area contributed by atoms with E-state index in [2.05, 4.69) is 92.0 Å². The lowest BCUT2D eigenvalue weighted by molar-refractivity contribution is 0.0654. The molecule has 33 heteroatoms. The summed E-state index contributed by atoms with van der Waals surface area (Å²) in [5.74, 6) is -2.95. The van der Waals surface area contributed by atoms with Gasteiger partial charge in [0.25, 0.3) is 23.6 Å². The number of alkyl halides is 2. The van der Waals surface area contributed by atoms with E-state index < -0.39 is 70.2 Å². The molecule has 0 spiro atoms. The highest BCUT2D eigenvalue weighted by Crippen LogP contribution is 2.37. The van der Waals surface area contributed by atoms with Crippen molar-refractivity contribution in [3.05, 3.63) is 203 Å². The van der Waals surface area contributed by atoms with Crippen molar-refractivity contribution in [3.63, 3.8) is 0 Å². The van der Waals surface area contributed by atoms with Gasteiger partial charge in [-0.05, 0) is 200 Å². The molecule has 4 amide bonds. The molecule has 0 radical (unpaired) electrons. The minimum atomic E-state index is -1.45. The van der Waals surface area contributed by atoms with E-state index in [1.165, 1.54) is 62.6 Å². The fourth-order valence-electron chi connectivity index (χ4n) is 16.0. The van der Waals surface area contributed by atoms with Crippen molar-refractivity contribution in [1.82, 2.24) is 99.9 Å². The molecule has 4 aliphatic rings. The van der Waals surface area contributed by atoms with Crippen LogP contribution in [0.5, 0.6) is 0 Å². The summed E-state index contributed by atoms with van der Waals surface area (Å²) in [6.45, 7) is 12.7. The Morgan fingerprint density at radius 3 is 1.17 bits per heavy atom. The number of likely N-dealkylation sites (tertiary alicyclic amines) is 2. The first kappa shape index (κ1) is 81.5. The molecule has 2 saturated heterocycles. The molecule has 0 bridgehead atoms. The zero-order chi connectivity index (χ0) is 83.7. The number of halogens is 7. The minimum Gasteiger partial charge on any atom is -0.345 e. The van der Waals surface area contributed by atoms with Crippen molar-refractivity contribution >= 4 is 78.6 Å². The van der Waals surface area contributed by atoms with Crippen LogP contribution in [0.4, 0.5) is 42.1 Å². The van der Waals surface area contributed by atoms with Crippen molar-refractivity contribution in [2.24, 2.45) is 28.2 Å². The number of aromatic amines is 4. The smallest absolute Gasteiger partial charge is 0.274 e. The van der Waals surface area contributed by atoms with Gasteiger partial charge in [0.05, 0.1) is 53.9 Å². The summed E-state index contributed by atoms with van der Waals surface area (Å²) in [4.78, 5) is 64.6. The molecular formula is C86H91F7N22O4. The second kappa shape index (κ2) is 34.1. The minimum absolute atomic E-state index is 0.0456. The molecule has 4 fully saturated rings. The topological polar surface area (TPSA) is 309 Å². The molecule has 618 valence electrons. The van der Waals surface area contributed by atoms with E-state index in [1.54, 1.807) is 91.0 Å². The molecule has 2 aliphatic carbocycles. The van der Waals surface area contributed by atoms with Crippen LogP contribution in [-0.2, 0) is 41.3 Å². The highest BCUT2D eigenvalue weighted by molar-refractivity contribution is 6.13. The fraction of sp³-hybridized carbons (Fsp3) is 0.349. The lowest BCUT2D eigenvalue weighted by Gasteiger charge is -2.35. The third-order valence-corrected chi connectivity index (χ3v) is 23.0. The third kappa shape index (κ3) is 17.7. The van der Waals surface area contributed by atoms with Crippen LogP contribution in [-0.4, -0.2) is 162 Å². The molecule has 10 heterocycles. The van der Waals surface area contributed by atoms with Gasteiger partial charge in [0.15, 0.2) is 23.3 Å². The van der Waals surface area contributed by atoms with Crippen molar-refractivity contribution in [3.8, 4) is 44.8 Å². The number of anilines is 2. The lowest BCUT2D eigenvalue weighted by Crippen LogP contribution is -2.50. The predicted molar refractivity (Wildman–Crippen MR) is 439 cm³/mol. The first-order valence-electron chi connectivity index (χ1n) is 39.7. The number of carbonyl (C=O) groups excluding carboxylic acids is 4. The number of nitrogens with zero attached hydrogens (tertiary/aromatic N) is 14. The number of amides is 4. The van der Waals surface area contributed by atoms with E-state index in [1.807, 2.05) is 67.4 Å². The number of imidazole rings is 2. The number of aromatic nitrogens is 16. The zero-order valence-corrected chi connectivity index (χ0v) is 67.0. The number of carbonyl (C=O) groups is 4. The first-order chi connectivity index (χ1) is 57.1. The van der Waals surface area contributed by atoms with Gasteiger partial charge in [0.2, 0.25) is 0 Å². The molecule has 18 rings (SSSR count). The Balaban J connectivity index is 0.000000124. The highest BCUT2D eigenvalue weighted by Gasteiger charge is 2.40. The van der Waals surface area contributed by atoms with Crippen molar-refractivity contribution in [2.45, 2.75) is 141 Å². The quantitative estimate of drug-likeness (QED) is 0.0417. The third-order valence-electron chi connectivity index (χ3n) is 23.0. The van der Waals surface area contributed by atoms with Crippen LogP contribution in [0.15, 0.2) is 128 Å². The maximum absolute atomic E-state index is 14.7. The molecule has 14 aromatic rings. The summed E-state index contributed by atoms with van der Waals surface area (Å²) in [7, 11) is 7.24. The summed E-state index contributed by atoms with van der Waals surface area (Å²) in [6.07, 6.45) is 20.3. The second-order valence-electron chi connectivity index (χ2n) is 31.6. The van der Waals surface area contributed by atoms with Crippen LogP contribution in [0, 0.1) is 42.9 Å². The summed E-state index contributed by atoms with van der Waals surface area (Å²) in [5.41, 5.74) is 6.15. The summed E-state index contributed by atoms with van der Waals surface area (Å²) >= 11 is 0. The van der Waals surface area contributed by atoms with E-state index in [0.29, 0.717) is 87.3 Å². The van der Waals surface area contributed by atoms with Crippen LogP contribution < -0.4 is 21.3 Å². The van der Waals surface area contributed by atoms with Crippen LogP contribution >= 0.6 is 0 Å². The zero-order valence-electron chi connectivity index (χ0n) is 67.0. The van der Waals surface area contributed by atoms with Gasteiger partial charge in [-0.2, -0.15) is 30.6 Å². The Morgan fingerprint density at radius 1 is 0.429 bits per heavy atom. The van der Waals surface area contributed by atoms with E-state index >= 15 is 0 Å². The van der Waals surface area contributed by atoms with Gasteiger partial charge in [-0.15, -0.1) is 0 Å². The van der Waals surface area contributed by atoms with Crippen molar-refractivity contribution in [1.29, 1.82) is 0 Å². The first-order valence-corrected chi connectivity index (χ1v) is 39.7. The summed E-state index contributed by atoms with van der Waals surface area (Å²) in [5, 5.41) is 47.1.